The third-order valence-corrected chi connectivity index (χ3v) is 11.5. The van der Waals surface area contributed by atoms with Crippen molar-refractivity contribution in [3.63, 3.8) is 0 Å². The van der Waals surface area contributed by atoms with Crippen molar-refractivity contribution in [1.29, 1.82) is 0 Å². The molecule has 0 saturated heterocycles. The Labute approximate surface area is 223 Å². The van der Waals surface area contributed by atoms with Crippen LogP contribution in [0, 0.1) is 0 Å². The van der Waals surface area contributed by atoms with Gasteiger partial charge in [0.2, 0.25) is 0 Å². The van der Waals surface area contributed by atoms with Gasteiger partial charge in [-0.2, -0.15) is 0 Å². The smallest absolute Gasteiger partial charge is 0.0642 e. The van der Waals surface area contributed by atoms with Crippen LogP contribution in [0.25, 0.3) is 39.0 Å². The van der Waals surface area contributed by atoms with Crippen LogP contribution in [0.4, 0.5) is 0 Å². The highest BCUT2D eigenvalue weighted by atomic mass is 32.1. The lowest BCUT2D eigenvalue weighted by Crippen LogP contribution is -1.86. The summed E-state index contributed by atoms with van der Waals surface area (Å²) < 4.78 is 9.02. The summed E-state index contributed by atoms with van der Waals surface area (Å²) in [6.07, 6.45) is 18.9. The first kappa shape index (κ1) is 25.2. The van der Waals surface area contributed by atoms with Crippen molar-refractivity contribution in [1.82, 2.24) is 0 Å². The highest BCUT2D eigenvalue weighted by Crippen LogP contribution is 2.50. The lowest BCUT2D eigenvalue weighted by Gasteiger charge is -2.03. The van der Waals surface area contributed by atoms with Crippen LogP contribution in [0.3, 0.4) is 0 Å². The van der Waals surface area contributed by atoms with Crippen molar-refractivity contribution in [2.24, 2.45) is 0 Å². The number of benzene rings is 2. The molecule has 0 fully saturated rings. The van der Waals surface area contributed by atoms with E-state index in [1.54, 1.807) is 0 Å². The molecule has 3 aromatic heterocycles. The number of hydrogen-bond donors (Lipinski definition) is 0. The summed E-state index contributed by atoms with van der Waals surface area (Å²) in [5.74, 6) is 0. The van der Waals surface area contributed by atoms with E-state index in [4.69, 9.17) is 0 Å². The molecule has 0 N–H and O–H groups in total. The second kappa shape index (κ2) is 12.2. The third-order valence-electron chi connectivity index (χ3n) is 7.46. The normalized spacial score (nSPS) is 12.2. The largest absolute Gasteiger partial charge is 0.133 e. The Hall–Kier alpha value is -1.42. The van der Waals surface area contributed by atoms with E-state index in [2.05, 4.69) is 50.2 Å². The molecule has 0 amide bonds. The molecule has 35 heavy (non-hydrogen) atoms. The molecule has 2 aromatic carbocycles. The van der Waals surface area contributed by atoms with Gasteiger partial charge in [0.05, 0.1) is 18.8 Å². The molecule has 3 heteroatoms. The van der Waals surface area contributed by atoms with Gasteiger partial charge in [0, 0.05) is 20.2 Å². The fourth-order valence-electron chi connectivity index (χ4n) is 5.38. The Balaban J connectivity index is 1.33. The third kappa shape index (κ3) is 5.78. The van der Waals surface area contributed by atoms with Gasteiger partial charge in [-0.25, -0.2) is 0 Å². The van der Waals surface area contributed by atoms with Crippen molar-refractivity contribution in [2.45, 2.75) is 104 Å². The summed E-state index contributed by atoms with van der Waals surface area (Å²) in [6, 6.07) is 14.5. The quantitative estimate of drug-likeness (QED) is 0.128. The SMILES string of the molecule is CCCCCCCCc1ccc2sc3c(sc4c5cc(CCCCCCCC)ccc5sc43)c2c1. The van der Waals surface area contributed by atoms with Crippen LogP contribution in [0.15, 0.2) is 36.4 Å². The predicted octanol–water partition coefficient (Wildman–Crippen LogP) is 12.3. The molecule has 5 rings (SSSR count). The van der Waals surface area contributed by atoms with Gasteiger partial charge < -0.3 is 0 Å². The molecule has 0 spiro atoms. The van der Waals surface area contributed by atoms with Crippen molar-refractivity contribution < 1.29 is 0 Å². The molecule has 0 saturated carbocycles. The van der Waals surface area contributed by atoms with E-state index >= 15 is 0 Å². The fourth-order valence-corrected chi connectivity index (χ4v) is 9.59. The Bertz CT molecular complexity index is 1280. The molecular formula is C32H40S3. The van der Waals surface area contributed by atoms with E-state index in [9.17, 15) is 0 Å². The lowest BCUT2D eigenvalue weighted by molar-refractivity contribution is 0.607. The zero-order chi connectivity index (χ0) is 24.0. The molecule has 0 aliphatic heterocycles. The van der Waals surface area contributed by atoms with Gasteiger partial charge in [-0.3, -0.25) is 0 Å². The van der Waals surface area contributed by atoms with E-state index in [0.717, 1.165) is 0 Å². The number of aryl methyl sites for hydroxylation is 2. The van der Waals surface area contributed by atoms with Crippen LogP contribution in [-0.2, 0) is 12.8 Å². The first-order chi connectivity index (χ1) is 17.3. The second-order valence-corrected chi connectivity index (χ2v) is 13.4. The first-order valence-electron chi connectivity index (χ1n) is 14.1. The summed E-state index contributed by atoms with van der Waals surface area (Å²) in [5, 5.41) is 3.00. The molecular weight excluding hydrogens is 481 g/mol. The minimum Gasteiger partial charge on any atom is -0.133 e. The standard InChI is InChI=1S/C32H40S3/c1-3-5-7-9-11-13-15-23-17-19-27-25(21-23)29-31(33-27)32-30(35-29)26-22-24(18-20-28(26)34-32)16-14-12-10-8-6-4-2/h17-22H,3-16H2,1-2H3. The minimum absolute atomic E-state index is 1.23. The van der Waals surface area contributed by atoms with Gasteiger partial charge in [-0.05, 0) is 61.1 Å². The average molecular weight is 521 g/mol. The summed E-state index contributed by atoms with van der Waals surface area (Å²) in [6.45, 7) is 4.59. The summed E-state index contributed by atoms with van der Waals surface area (Å²) in [4.78, 5) is 0. The maximum absolute atomic E-state index is 2.51. The Morgan fingerprint density at radius 2 is 0.886 bits per heavy atom. The number of rotatable bonds is 14. The van der Waals surface area contributed by atoms with Crippen molar-refractivity contribution >= 4 is 73.0 Å². The van der Waals surface area contributed by atoms with E-state index in [0.29, 0.717) is 0 Å². The predicted molar refractivity (Wildman–Crippen MR) is 164 cm³/mol. The van der Waals surface area contributed by atoms with Crippen molar-refractivity contribution in [3.05, 3.63) is 47.5 Å². The molecule has 0 bridgehead atoms. The van der Waals surface area contributed by atoms with Crippen LogP contribution in [0.1, 0.15) is 102 Å². The monoisotopic (exact) mass is 520 g/mol. The molecule has 0 aliphatic rings. The number of unbranched alkanes of at least 4 members (excludes halogenated alkanes) is 10. The van der Waals surface area contributed by atoms with E-state index in [1.165, 1.54) is 140 Å². The minimum atomic E-state index is 1.23. The molecule has 0 nitrogen and oxygen atoms in total. The molecule has 0 radical (unpaired) electrons. The zero-order valence-electron chi connectivity index (χ0n) is 21.6. The van der Waals surface area contributed by atoms with Gasteiger partial charge in [0.1, 0.15) is 0 Å². The molecule has 0 unspecified atom stereocenters. The fraction of sp³-hybridized carbons (Fsp3) is 0.500. The van der Waals surface area contributed by atoms with Gasteiger partial charge in [0.15, 0.2) is 0 Å². The molecule has 0 aliphatic carbocycles. The first-order valence-corrected chi connectivity index (χ1v) is 16.5. The van der Waals surface area contributed by atoms with Crippen LogP contribution in [-0.4, -0.2) is 0 Å². The lowest BCUT2D eigenvalue weighted by atomic mass is 10.0. The van der Waals surface area contributed by atoms with Crippen LogP contribution >= 0.6 is 34.0 Å². The summed E-state index contributed by atoms with van der Waals surface area (Å²) >= 11 is 6.06. The van der Waals surface area contributed by atoms with Gasteiger partial charge in [0.25, 0.3) is 0 Å². The van der Waals surface area contributed by atoms with Crippen LogP contribution < -0.4 is 0 Å². The van der Waals surface area contributed by atoms with Crippen molar-refractivity contribution in [2.75, 3.05) is 0 Å². The number of thiophene rings is 3. The maximum atomic E-state index is 2.51. The maximum Gasteiger partial charge on any atom is 0.0642 e. The molecule has 3 heterocycles. The summed E-state index contributed by atoms with van der Waals surface area (Å²) in [7, 11) is 0. The Kier molecular flexibility index (Phi) is 8.81. The van der Waals surface area contributed by atoms with Gasteiger partial charge >= 0.3 is 0 Å². The summed E-state index contributed by atoms with van der Waals surface area (Å²) in [5.41, 5.74) is 3.05. The average Bonchev–Trinajstić information content (AvgIpc) is 3.52. The van der Waals surface area contributed by atoms with Gasteiger partial charge in [-0.1, -0.05) is 90.2 Å². The molecule has 0 atom stereocenters. The second-order valence-electron chi connectivity index (χ2n) is 10.3. The van der Waals surface area contributed by atoms with Crippen LogP contribution in [0.2, 0.25) is 0 Å². The van der Waals surface area contributed by atoms with E-state index in [-0.39, 0.29) is 0 Å². The topological polar surface area (TPSA) is 0 Å². The van der Waals surface area contributed by atoms with Crippen LogP contribution in [0.5, 0.6) is 0 Å². The highest BCUT2D eigenvalue weighted by molar-refractivity contribution is 7.43. The number of fused-ring (bicyclic) bond motifs is 7. The van der Waals surface area contributed by atoms with E-state index in [1.807, 2.05) is 34.0 Å². The zero-order valence-corrected chi connectivity index (χ0v) is 24.0. The van der Waals surface area contributed by atoms with Crippen molar-refractivity contribution in [3.8, 4) is 0 Å². The molecule has 5 aromatic rings. The van der Waals surface area contributed by atoms with Gasteiger partial charge in [-0.15, -0.1) is 34.0 Å². The Morgan fingerprint density at radius 3 is 1.34 bits per heavy atom. The number of hydrogen-bond acceptors (Lipinski definition) is 3. The highest BCUT2D eigenvalue weighted by Gasteiger charge is 2.17. The molecule has 186 valence electrons. The van der Waals surface area contributed by atoms with E-state index < -0.39 is 0 Å². The Morgan fingerprint density at radius 1 is 0.457 bits per heavy atom.